The van der Waals surface area contributed by atoms with Gasteiger partial charge in [0.2, 0.25) is 6.41 Å². The lowest BCUT2D eigenvalue weighted by molar-refractivity contribution is -0.106. The third-order valence-electron chi connectivity index (χ3n) is 6.26. The Kier molecular flexibility index (Phi) is 7.27. The fraction of sp³-hybridized carbons (Fsp3) is 0.478. The standard InChI is InChI=1S/C22H24ClFN4O3S.CH3NO/c1-14-16(31-19-17(11-15(23)12-25-19)30-13-22(24)5-6-22)3-4-18-26-20(27-28(14)18)21(2)7-9-32(29)10-8-21;2-1-3/h3-4,11-12H,5-10,13H2,1-2H3;1H,(H2,2,3). The lowest BCUT2D eigenvalue weighted by atomic mass is 9.83. The summed E-state index contributed by atoms with van der Waals surface area (Å²) in [6.45, 7) is 3.96. The molecule has 1 saturated heterocycles. The van der Waals surface area contributed by atoms with Gasteiger partial charge in [-0.3, -0.25) is 9.00 Å². The highest BCUT2D eigenvalue weighted by Gasteiger charge is 2.44. The van der Waals surface area contributed by atoms with Crippen molar-refractivity contribution in [3.05, 3.63) is 40.9 Å². The molecule has 1 aliphatic heterocycles. The summed E-state index contributed by atoms with van der Waals surface area (Å²) in [5, 5.41) is 5.13. The molecule has 2 fully saturated rings. The molecular formula is C23H27ClFN5O4S. The molecule has 2 N–H and O–H groups in total. The lowest BCUT2D eigenvalue weighted by Crippen LogP contribution is -2.33. The molecule has 3 aromatic rings. The number of hydrogen-bond donors (Lipinski definition) is 1. The van der Waals surface area contributed by atoms with Gasteiger partial charge in [0, 0.05) is 40.0 Å². The summed E-state index contributed by atoms with van der Waals surface area (Å²) in [5.74, 6) is 3.13. The van der Waals surface area contributed by atoms with Crippen LogP contribution < -0.4 is 15.2 Å². The summed E-state index contributed by atoms with van der Waals surface area (Å²) in [4.78, 5) is 17.6. The number of primary amides is 1. The molecule has 35 heavy (non-hydrogen) atoms. The largest absolute Gasteiger partial charge is 0.485 e. The van der Waals surface area contributed by atoms with Gasteiger partial charge in [0.05, 0.1) is 10.7 Å². The van der Waals surface area contributed by atoms with Crippen molar-refractivity contribution in [2.75, 3.05) is 18.1 Å². The van der Waals surface area contributed by atoms with Gasteiger partial charge >= 0.3 is 0 Å². The van der Waals surface area contributed by atoms with E-state index in [1.165, 1.54) is 6.20 Å². The number of carbonyl (C=O) groups is 1. The predicted molar refractivity (Wildman–Crippen MR) is 130 cm³/mol. The van der Waals surface area contributed by atoms with Crippen molar-refractivity contribution in [1.82, 2.24) is 19.6 Å². The zero-order chi connectivity index (χ0) is 25.2. The van der Waals surface area contributed by atoms with Crippen LogP contribution in [0.5, 0.6) is 17.4 Å². The van der Waals surface area contributed by atoms with E-state index >= 15 is 0 Å². The average molecular weight is 524 g/mol. The molecule has 0 spiro atoms. The Bertz CT molecular complexity index is 1260. The minimum atomic E-state index is -1.27. The van der Waals surface area contributed by atoms with Gasteiger partial charge < -0.3 is 15.2 Å². The Balaban J connectivity index is 0.000000917. The Morgan fingerprint density at radius 3 is 2.60 bits per heavy atom. The maximum absolute atomic E-state index is 14.0. The second-order valence-electron chi connectivity index (χ2n) is 9.03. The number of halogens is 2. The van der Waals surface area contributed by atoms with Gasteiger partial charge in [-0.15, -0.1) is 0 Å². The molecule has 12 heteroatoms. The lowest BCUT2D eigenvalue weighted by Gasteiger charge is -2.30. The van der Waals surface area contributed by atoms with E-state index in [1.807, 2.05) is 13.0 Å². The highest BCUT2D eigenvalue weighted by molar-refractivity contribution is 7.85. The van der Waals surface area contributed by atoms with Gasteiger partial charge in [-0.2, -0.15) is 5.10 Å². The number of fused-ring (bicyclic) bond motifs is 1. The van der Waals surface area contributed by atoms with Gasteiger partial charge in [-0.1, -0.05) is 18.5 Å². The number of amides is 1. The number of ether oxygens (including phenoxy) is 2. The summed E-state index contributed by atoms with van der Waals surface area (Å²) < 4.78 is 39.2. The van der Waals surface area contributed by atoms with Crippen LogP contribution >= 0.6 is 11.6 Å². The minimum absolute atomic E-state index is 0.0563. The average Bonchev–Trinajstić information content (AvgIpc) is 3.39. The van der Waals surface area contributed by atoms with Gasteiger partial charge in [-0.05, 0) is 44.7 Å². The van der Waals surface area contributed by atoms with E-state index in [9.17, 15) is 8.60 Å². The molecule has 1 amide bonds. The molecule has 5 rings (SSSR count). The first-order valence-electron chi connectivity index (χ1n) is 11.2. The molecular weight excluding hydrogens is 497 g/mol. The Morgan fingerprint density at radius 1 is 1.26 bits per heavy atom. The van der Waals surface area contributed by atoms with E-state index in [0.29, 0.717) is 46.5 Å². The van der Waals surface area contributed by atoms with E-state index < -0.39 is 16.5 Å². The predicted octanol–water partition coefficient (Wildman–Crippen LogP) is 3.66. The Morgan fingerprint density at radius 2 is 1.94 bits per heavy atom. The van der Waals surface area contributed by atoms with Gasteiger partial charge in [0.1, 0.15) is 12.3 Å². The molecule has 2 aliphatic rings. The smallest absolute Gasteiger partial charge is 0.262 e. The van der Waals surface area contributed by atoms with Crippen LogP contribution in [0.2, 0.25) is 5.02 Å². The first kappa shape index (κ1) is 25.3. The van der Waals surface area contributed by atoms with E-state index in [2.05, 4.69) is 17.6 Å². The topological polar surface area (TPSA) is 122 Å². The van der Waals surface area contributed by atoms with Crippen LogP contribution in [0, 0.1) is 6.92 Å². The first-order chi connectivity index (χ1) is 16.7. The minimum Gasteiger partial charge on any atom is -0.485 e. The fourth-order valence-corrected chi connectivity index (χ4v) is 5.43. The van der Waals surface area contributed by atoms with Crippen LogP contribution in [0.4, 0.5) is 4.39 Å². The molecule has 0 aromatic carbocycles. The normalized spacial score (nSPS) is 22.7. The Hall–Kier alpha value is -2.79. The van der Waals surface area contributed by atoms with E-state index in [-0.39, 0.29) is 24.3 Å². The number of nitrogens with zero attached hydrogens (tertiary/aromatic N) is 4. The summed E-state index contributed by atoms with van der Waals surface area (Å²) >= 11 is 6.06. The maximum atomic E-state index is 14.0. The van der Waals surface area contributed by atoms with E-state index in [1.54, 1.807) is 16.6 Å². The molecule has 9 nitrogen and oxygen atoms in total. The summed E-state index contributed by atoms with van der Waals surface area (Å²) in [6.07, 6.45) is 4.29. The van der Waals surface area contributed by atoms with E-state index in [4.69, 9.17) is 36.0 Å². The second kappa shape index (κ2) is 10.1. The number of alkyl halides is 1. The second-order valence-corrected chi connectivity index (χ2v) is 11.2. The molecule has 4 heterocycles. The van der Waals surface area contributed by atoms with Crippen molar-refractivity contribution in [2.24, 2.45) is 5.73 Å². The number of aromatic nitrogens is 4. The van der Waals surface area contributed by atoms with Crippen LogP contribution in [0.1, 0.15) is 44.1 Å². The third-order valence-corrected chi connectivity index (χ3v) is 7.79. The van der Waals surface area contributed by atoms with Crippen molar-refractivity contribution in [3.8, 4) is 17.4 Å². The molecule has 1 saturated carbocycles. The van der Waals surface area contributed by atoms with Gasteiger partial charge in [0.15, 0.2) is 23.0 Å². The van der Waals surface area contributed by atoms with Gasteiger partial charge in [-0.25, -0.2) is 18.9 Å². The summed E-state index contributed by atoms with van der Waals surface area (Å²) in [7, 11) is -0.751. The molecule has 0 bridgehead atoms. The molecule has 188 valence electrons. The van der Waals surface area contributed by atoms with Crippen molar-refractivity contribution < 1.29 is 22.9 Å². The number of hydrogen-bond acceptors (Lipinski definition) is 7. The van der Waals surface area contributed by atoms with Gasteiger partial charge in [0.25, 0.3) is 5.88 Å². The number of rotatable bonds is 6. The quantitative estimate of drug-likeness (QED) is 0.489. The Labute approximate surface area is 209 Å². The number of nitrogens with two attached hydrogens (primary N) is 1. The molecule has 3 aromatic heterocycles. The molecule has 1 aliphatic carbocycles. The summed E-state index contributed by atoms with van der Waals surface area (Å²) in [5.41, 5.74) is 4.16. The zero-order valence-corrected chi connectivity index (χ0v) is 21.1. The van der Waals surface area contributed by atoms with Crippen molar-refractivity contribution in [2.45, 2.75) is 50.6 Å². The van der Waals surface area contributed by atoms with Crippen LogP contribution in [0.15, 0.2) is 24.4 Å². The first-order valence-corrected chi connectivity index (χ1v) is 13.1. The summed E-state index contributed by atoms with van der Waals surface area (Å²) in [6, 6.07) is 5.21. The SMILES string of the molecule is Cc1c(Oc2ncc(Cl)cc2OCC2(F)CC2)ccc2nc(C3(C)CCS(=O)CC3)nn12.NC=O. The van der Waals surface area contributed by atoms with E-state index in [0.717, 1.165) is 24.4 Å². The number of carbonyl (C=O) groups excluding carboxylic acids is 1. The fourth-order valence-electron chi connectivity index (χ4n) is 3.73. The van der Waals surface area contributed by atoms with Crippen LogP contribution in [0.3, 0.4) is 0 Å². The van der Waals surface area contributed by atoms with Crippen LogP contribution in [-0.4, -0.2) is 54.0 Å². The molecule has 0 unspecified atom stereocenters. The monoisotopic (exact) mass is 523 g/mol. The highest BCUT2D eigenvalue weighted by Crippen LogP contribution is 2.41. The van der Waals surface area contributed by atoms with Crippen LogP contribution in [-0.2, 0) is 21.0 Å². The number of aryl methyl sites for hydroxylation is 1. The highest BCUT2D eigenvalue weighted by atomic mass is 35.5. The third kappa shape index (κ3) is 5.72. The molecule has 0 atom stereocenters. The van der Waals surface area contributed by atoms with Crippen molar-refractivity contribution in [3.63, 3.8) is 0 Å². The van der Waals surface area contributed by atoms with Crippen molar-refractivity contribution in [1.29, 1.82) is 0 Å². The number of pyridine rings is 2. The van der Waals surface area contributed by atoms with Crippen molar-refractivity contribution >= 4 is 34.5 Å². The van der Waals surface area contributed by atoms with Crippen LogP contribution in [0.25, 0.3) is 5.65 Å². The zero-order valence-electron chi connectivity index (χ0n) is 19.5. The molecule has 0 radical (unpaired) electrons. The maximum Gasteiger partial charge on any atom is 0.262 e.